The summed E-state index contributed by atoms with van der Waals surface area (Å²) in [6.07, 6.45) is -0.726. The normalized spacial score (nSPS) is 12.8. The molecular formula is C19H21FN2O3. The van der Waals surface area contributed by atoms with E-state index in [-0.39, 0.29) is 24.0 Å². The molecule has 2 rings (SSSR count). The van der Waals surface area contributed by atoms with Crippen LogP contribution in [0.25, 0.3) is 0 Å². The van der Waals surface area contributed by atoms with Crippen molar-refractivity contribution in [3.05, 3.63) is 66.0 Å². The molecule has 0 aliphatic carbocycles. The largest absolute Gasteiger partial charge is 0.478 e. The van der Waals surface area contributed by atoms with Crippen LogP contribution in [0.3, 0.4) is 0 Å². The maximum absolute atomic E-state index is 13.5. The Labute approximate surface area is 146 Å². The molecule has 0 heterocycles. The second-order valence-corrected chi connectivity index (χ2v) is 5.74. The molecule has 2 N–H and O–H groups in total. The number of nitrogens with one attached hydrogen (secondary N) is 2. The summed E-state index contributed by atoms with van der Waals surface area (Å²) in [4.78, 5) is 23.9. The highest BCUT2D eigenvalue weighted by Gasteiger charge is 2.18. The Kier molecular flexibility index (Phi) is 6.51. The summed E-state index contributed by atoms with van der Waals surface area (Å²) in [5, 5.41) is 0. The van der Waals surface area contributed by atoms with Gasteiger partial charge in [-0.2, -0.15) is 0 Å². The van der Waals surface area contributed by atoms with E-state index in [1.807, 2.05) is 37.3 Å². The third-order valence-corrected chi connectivity index (χ3v) is 3.69. The van der Waals surface area contributed by atoms with Crippen molar-refractivity contribution in [3.8, 4) is 5.75 Å². The molecule has 2 aromatic carbocycles. The van der Waals surface area contributed by atoms with Gasteiger partial charge in [-0.25, -0.2) is 4.39 Å². The van der Waals surface area contributed by atoms with Gasteiger partial charge in [0.1, 0.15) is 0 Å². The fourth-order valence-electron chi connectivity index (χ4n) is 2.25. The smallest absolute Gasteiger partial charge is 0.279 e. The molecule has 0 unspecified atom stereocenters. The zero-order valence-electron chi connectivity index (χ0n) is 14.2. The maximum Gasteiger partial charge on any atom is 0.279 e. The summed E-state index contributed by atoms with van der Waals surface area (Å²) in [6, 6.07) is 15.4. The van der Waals surface area contributed by atoms with Gasteiger partial charge < -0.3 is 4.74 Å². The van der Waals surface area contributed by atoms with Gasteiger partial charge in [-0.05, 0) is 30.5 Å². The van der Waals surface area contributed by atoms with Crippen LogP contribution in [0.15, 0.2) is 54.6 Å². The van der Waals surface area contributed by atoms with Gasteiger partial charge in [0.05, 0.1) is 0 Å². The van der Waals surface area contributed by atoms with Crippen LogP contribution in [0.5, 0.6) is 5.75 Å². The van der Waals surface area contributed by atoms with Crippen LogP contribution in [0, 0.1) is 5.82 Å². The summed E-state index contributed by atoms with van der Waals surface area (Å²) in [5.74, 6) is -1.44. The van der Waals surface area contributed by atoms with Crippen molar-refractivity contribution in [3.63, 3.8) is 0 Å². The van der Waals surface area contributed by atoms with Crippen LogP contribution in [-0.4, -0.2) is 17.9 Å². The molecule has 0 bridgehead atoms. The van der Waals surface area contributed by atoms with Crippen LogP contribution in [0.2, 0.25) is 0 Å². The number of rotatable bonds is 6. The van der Waals surface area contributed by atoms with Crippen LogP contribution < -0.4 is 15.6 Å². The van der Waals surface area contributed by atoms with E-state index in [1.165, 1.54) is 25.1 Å². The minimum absolute atomic E-state index is 0.0187. The topological polar surface area (TPSA) is 67.4 Å². The predicted octanol–water partition coefficient (Wildman–Crippen LogP) is 2.93. The first-order chi connectivity index (χ1) is 12.0. The highest BCUT2D eigenvalue weighted by Crippen LogP contribution is 2.18. The number of hydrogen-bond acceptors (Lipinski definition) is 3. The van der Waals surface area contributed by atoms with E-state index < -0.39 is 17.8 Å². The van der Waals surface area contributed by atoms with Gasteiger partial charge in [-0.3, -0.25) is 20.4 Å². The minimum atomic E-state index is -0.955. The molecule has 0 saturated heterocycles. The third-order valence-electron chi connectivity index (χ3n) is 3.69. The van der Waals surface area contributed by atoms with E-state index in [0.29, 0.717) is 0 Å². The number of carbonyl (C=O) groups excluding carboxylic acids is 2. The quantitative estimate of drug-likeness (QED) is 0.792. The SMILES string of the molecule is C[C@H](Oc1ccccc1F)C(=O)NNC(=O)C[C@@H](C)c1ccccc1. The van der Waals surface area contributed by atoms with Gasteiger partial charge >= 0.3 is 0 Å². The Bertz CT molecular complexity index is 722. The van der Waals surface area contributed by atoms with Gasteiger partial charge in [0.15, 0.2) is 17.7 Å². The van der Waals surface area contributed by atoms with Gasteiger partial charge in [0.2, 0.25) is 5.91 Å². The van der Waals surface area contributed by atoms with E-state index in [0.717, 1.165) is 5.56 Å². The van der Waals surface area contributed by atoms with E-state index in [4.69, 9.17) is 4.74 Å². The third kappa shape index (κ3) is 5.60. The zero-order chi connectivity index (χ0) is 18.2. The Morgan fingerprint density at radius 1 is 1.00 bits per heavy atom. The van der Waals surface area contributed by atoms with Crippen LogP contribution in [-0.2, 0) is 9.59 Å². The number of ether oxygens (including phenoxy) is 1. The highest BCUT2D eigenvalue weighted by atomic mass is 19.1. The van der Waals surface area contributed by atoms with E-state index in [2.05, 4.69) is 10.9 Å². The lowest BCUT2D eigenvalue weighted by Crippen LogP contribution is -2.47. The average Bonchev–Trinajstić information content (AvgIpc) is 2.62. The molecule has 0 aromatic heterocycles. The Hall–Kier alpha value is -2.89. The molecule has 0 spiro atoms. The number of carbonyl (C=O) groups is 2. The standard InChI is InChI=1S/C19H21FN2O3/c1-13(15-8-4-3-5-9-15)12-18(23)21-22-19(24)14(2)25-17-11-7-6-10-16(17)20/h3-11,13-14H,12H2,1-2H3,(H,21,23)(H,22,24)/t13-,14+/m1/s1. The number of halogens is 1. The second kappa shape index (κ2) is 8.82. The molecule has 2 atom stereocenters. The lowest BCUT2D eigenvalue weighted by molar-refractivity contribution is -0.132. The van der Waals surface area contributed by atoms with Crippen LogP contribution in [0.1, 0.15) is 31.7 Å². The highest BCUT2D eigenvalue weighted by molar-refractivity contribution is 5.84. The molecule has 2 amide bonds. The van der Waals surface area contributed by atoms with Crippen molar-refractivity contribution in [1.29, 1.82) is 0 Å². The molecule has 132 valence electrons. The first kappa shape index (κ1) is 18.4. The summed E-state index contributed by atoms with van der Waals surface area (Å²) >= 11 is 0. The number of amides is 2. The molecule has 5 nitrogen and oxygen atoms in total. The van der Waals surface area contributed by atoms with Crippen molar-refractivity contribution in [2.24, 2.45) is 0 Å². The van der Waals surface area contributed by atoms with Crippen molar-refractivity contribution in [1.82, 2.24) is 10.9 Å². The summed E-state index contributed by atoms with van der Waals surface area (Å²) in [6.45, 7) is 3.40. The van der Waals surface area contributed by atoms with E-state index in [9.17, 15) is 14.0 Å². The molecule has 0 aliphatic rings. The first-order valence-corrected chi connectivity index (χ1v) is 8.02. The van der Waals surface area contributed by atoms with E-state index >= 15 is 0 Å². The van der Waals surface area contributed by atoms with Gasteiger partial charge in [0, 0.05) is 6.42 Å². The second-order valence-electron chi connectivity index (χ2n) is 5.74. The van der Waals surface area contributed by atoms with Crippen molar-refractivity contribution < 1.29 is 18.7 Å². The van der Waals surface area contributed by atoms with Gasteiger partial charge in [-0.1, -0.05) is 49.4 Å². The van der Waals surface area contributed by atoms with Crippen molar-refractivity contribution in [2.75, 3.05) is 0 Å². The zero-order valence-corrected chi connectivity index (χ0v) is 14.2. The molecule has 2 aromatic rings. The Morgan fingerprint density at radius 2 is 1.64 bits per heavy atom. The Morgan fingerprint density at radius 3 is 2.32 bits per heavy atom. The monoisotopic (exact) mass is 344 g/mol. The summed E-state index contributed by atoms with van der Waals surface area (Å²) in [7, 11) is 0. The fraction of sp³-hybridized carbons (Fsp3) is 0.263. The van der Waals surface area contributed by atoms with Gasteiger partial charge in [0.25, 0.3) is 5.91 Å². The lowest BCUT2D eigenvalue weighted by atomic mass is 9.98. The molecule has 0 fully saturated rings. The minimum Gasteiger partial charge on any atom is -0.478 e. The van der Waals surface area contributed by atoms with Crippen molar-refractivity contribution >= 4 is 11.8 Å². The molecule has 0 saturated carbocycles. The lowest BCUT2D eigenvalue weighted by Gasteiger charge is -2.16. The van der Waals surface area contributed by atoms with Crippen LogP contribution in [0.4, 0.5) is 4.39 Å². The fourth-order valence-corrected chi connectivity index (χ4v) is 2.25. The first-order valence-electron chi connectivity index (χ1n) is 8.02. The molecule has 0 radical (unpaired) electrons. The molecule has 25 heavy (non-hydrogen) atoms. The number of benzene rings is 2. The maximum atomic E-state index is 13.5. The summed E-state index contributed by atoms with van der Waals surface area (Å²) in [5.41, 5.74) is 5.69. The number of hydrazine groups is 1. The molecule has 6 heteroatoms. The van der Waals surface area contributed by atoms with E-state index in [1.54, 1.807) is 6.07 Å². The number of para-hydroxylation sites is 1. The van der Waals surface area contributed by atoms with Crippen LogP contribution >= 0.6 is 0 Å². The molecular weight excluding hydrogens is 323 g/mol. The Balaban J connectivity index is 1.79. The number of hydrogen-bond donors (Lipinski definition) is 2. The predicted molar refractivity (Wildman–Crippen MR) is 92.2 cm³/mol. The van der Waals surface area contributed by atoms with Gasteiger partial charge in [-0.15, -0.1) is 0 Å². The van der Waals surface area contributed by atoms with Crippen molar-refractivity contribution in [2.45, 2.75) is 32.3 Å². The summed E-state index contributed by atoms with van der Waals surface area (Å²) < 4.78 is 18.8. The molecule has 0 aliphatic heterocycles. The average molecular weight is 344 g/mol.